The fourth-order valence-electron chi connectivity index (χ4n) is 3.36. The van der Waals surface area contributed by atoms with Crippen LogP contribution in [0.25, 0.3) is 0 Å². The molecule has 1 aliphatic heterocycles. The van der Waals surface area contributed by atoms with Crippen LogP contribution in [0.2, 0.25) is 0 Å². The molecule has 0 fully saturated rings. The van der Waals surface area contributed by atoms with Crippen LogP contribution in [-0.2, 0) is 17.6 Å². The Morgan fingerprint density at radius 2 is 1.70 bits per heavy atom. The van der Waals surface area contributed by atoms with E-state index in [2.05, 4.69) is 22.3 Å². The average molecular weight is 397 g/mol. The molecule has 1 aromatic heterocycles. The lowest BCUT2D eigenvalue weighted by atomic mass is 10.0. The Hall–Kier alpha value is -2.38. The summed E-state index contributed by atoms with van der Waals surface area (Å²) in [4.78, 5) is 15.5. The molecule has 27 heavy (non-hydrogen) atoms. The molecule has 0 bridgehead atoms. The minimum Gasteiger partial charge on any atom is -0.374 e. The molecular weight excluding hydrogens is 376 g/mol. The summed E-state index contributed by atoms with van der Waals surface area (Å²) in [5, 5.41) is 8.11. The van der Waals surface area contributed by atoms with E-state index in [0.29, 0.717) is 11.6 Å². The van der Waals surface area contributed by atoms with Gasteiger partial charge in [0.1, 0.15) is 0 Å². The summed E-state index contributed by atoms with van der Waals surface area (Å²) >= 11 is 2.76. The Morgan fingerprint density at radius 1 is 1.11 bits per heavy atom. The van der Waals surface area contributed by atoms with Crippen molar-refractivity contribution in [3.63, 3.8) is 0 Å². The van der Waals surface area contributed by atoms with Gasteiger partial charge in [-0.15, -0.1) is 10.2 Å². The number of nitrogens with zero attached hydrogens (tertiary/aromatic N) is 3. The Morgan fingerprint density at radius 3 is 2.22 bits per heavy atom. The molecule has 3 aromatic rings. The van der Waals surface area contributed by atoms with Crippen molar-refractivity contribution in [3.05, 3.63) is 59.7 Å². The maximum atomic E-state index is 13.6. The van der Waals surface area contributed by atoms with Gasteiger partial charge in [-0.05, 0) is 42.5 Å². The first kappa shape index (κ1) is 18.0. The molecule has 1 atom stereocenters. The van der Waals surface area contributed by atoms with Crippen LogP contribution in [-0.4, -0.2) is 21.4 Å². The van der Waals surface area contributed by atoms with E-state index in [1.54, 1.807) is 0 Å². The lowest BCUT2D eigenvalue weighted by molar-refractivity contribution is -0.117. The first-order valence-electron chi connectivity index (χ1n) is 8.92. The fraction of sp³-hybridized carbons (Fsp3) is 0.250. The molecule has 1 amide bonds. The van der Waals surface area contributed by atoms with Crippen LogP contribution in [0, 0.1) is 0 Å². The topological polar surface area (TPSA) is 72.1 Å². The third kappa shape index (κ3) is 3.57. The van der Waals surface area contributed by atoms with Gasteiger partial charge in [0, 0.05) is 0 Å². The van der Waals surface area contributed by atoms with Crippen molar-refractivity contribution in [2.45, 2.75) is 35.8 Å². The summed E-state index contributed by atoms with van der Waals surface area (Å²) in [5.74, 6) is 0.0677. The molecule has 7 heteroatoms. The highest BCUT2D eigenvalue weighted by Crippen LogP contribution is 2.39. The second kappa shape index (κ2) is 7.70. The van der Waals surface area contributed by atoms with E-state index in [4.69, 9.17) is 5.73 Å². The summed E-state index contributed by atoms with van der Waals surface area (Å²) in [6.45, 7) is 2.02. The molecular formula is C20H20N4OS2. The number of aryl methyl sites for hydroxylation is 2. The van der Waals surface area contributed by atoms with Crippen LogP contribution < -0.4 is 10.6 Å². The Labute approximate surface area is 166 Å². The van der Waals surface area contributed by atoms with E-state index in [1.807, 2.05) is 48.2 Å². The molecule has 2 heterocycles. The quantitative estimate of drug-likeness (QED) is 0.660. The van der Waals surface area contributed by atoms with Crippen LogP contribution >= 0.6 is 23.1 Å². The van der Waals surface area contributed by atoms with Gasteiger partial charge < -0.3 is 5.73 Å². The number of carbonyl (C=O) groups is 1. The lowest BCUT2D eigenvalue weighted by Gasteiger charge is -2.28. The van der Waals surface area contributed by atoms with Crippen molar-refractivity contribution in [1.82, 2.24) is 10.2 Å². The highest BCUT2D eigenvalue weighted by molar-refractivity contribution is 8.02. The molecule has 5 nitrogen and oxygen atoms in total. The van der Waals surface area contributed by atoms with Crippen LogP contribution in [0.1, 0.15) is 24.5 Å². The third-order valence-electron chi connectivity index (χ3n) is 4.66. The van der Waals surface area contributed by atoms with E-state index in [-0.39, 0.29) is 11.2 Å². The van der Waals surface area contributed by atoms with E-state index in [0.717, 1.165) is 28.6 Å². The van der Waals surface area contributed by atoms with Crippen molar-refractivity contribution in [2.24, 2.45) is 0 Å². The number of anilines is 3. The average Bonchev–Trinajstić information content (AvgIpc) is 3.02. The SMILES string of the molecule is CCC(Sc1nnc(N)s1)C(=O)N1c2ccccc2CCc2ccccc21. The first-order chi connectivity index (χ1) is 13.2. The van der Waals surface area contributed by atoms with E-state index in [9.17, 15) is 4.79 Å². The summed E-state index contributed by atoms with van der Waals surface area (Å²) in [5.41, 5.74) is 10.0. The molecule has 4 rings (SSSR count). The second-order valence-electron chi connectivity index (χ2n) is 6.35. The Bertz CT molecular complexity index is 924. The van der Waals surface area contributed by atoms with Crippen molar-refractivity contribution >= 4 is 45.5 Å². The number of aromatic nitrogens is 2. The maximum Gasteiger partial charge on any atom is 0.245 e. The number of amides is 1. The predicted octanol–water partition coefficient (Wildman–Crippen LogP) is 4.45. The second-order valence-corrected chi connectivity index (χ2v) is 8.81. The van der Waals surface area contributed by atoms with E-state index >= 15 is 0 Å². The van der Waals surface area contributed by atoms with Gasteiger partial charge in [0.05, 0.1) is 16.6 Å². The predicted molar refractivity (Wildman–Crippen MR) is 112 cm³/mol. The number of para-hydroxylation sites is 2. The van der Waals surface area contributed by atoms with Crippen molar-refractivity contribution in [1.29, 1.82) is 0 Å². The largest absolute Gasteiger partial charge is 0.374 e. The molecule has 0 saturated carbocycles. The molecule has 0 radical (unpaired) electrons. The number of benzene rings is 2. The van der Waals surface area contributed by atoms with Crippen molar-refractivity contribution in [3.8, 4) is 0 Å². The van der Waals surface area contributed by atoms with Gasteiger partial charge in [0.2, 0.25) is 11.0 Å². The summed E-state index contributed by atoms with van der Waals surface area (Å²) in [6, 6.07) is 16.4. The van der Waals surface area contributed by atoms with Gasteiger partial charge >= 0.3 is 0 Å². The third-order valence-corrected chi connectivity index (χ3v) is 6.85. The highest BCUT2D eigenvalue weighted by atomic mass is 32.2. The maximum absolute atomic E-state index is 13.6. The molecule has 0 spiro atoms. The molecule has 1 unspecified atom stereocenters. The van der Waals surface area contributed by atoms with Gasteiger partial charge in [-0.25, -0.2) is 0 Å². The van der Waals surface area contributed by atoms with Crippen LogP contribution in [0.3, 0.4) is 0 Å². The molecule has 138 valence electrons. The normalized spacial score (nSPS) is 14.2. The number of hydrogen-bond acceptors (Lipinski definition) is 6. The van der Waals surface area contributed by atoms with E-state index in [1.165, 1.54) is 34.2 Å². The number of fused-ring (bicyclic) bond motifs is 2. The summed E-state index contributed by atoms with van der Waals surface area (Å²) in [7, 11) is 0. The molecule has 0 aliphatic carbocycles. The van der Waals surface area contributed by atoms with Gasteiger partial charge in [0.25, 0.3) is 0 Å². The zero-order valence-corrected chi connectivity index (χ0v) is 16.6. The van der Waals surface area contributed by atoms with Gasteiger partial charge in [-0.2, -0.15) is 0 Å². The monoisotopic (exact) mass is 396 g/mol. The van der Waals surface area contributed by atoms with Gasteiger partial charge in [0.15, 0.2) is 4.34 Å². The number of thioether (sulfide) groups is 1. The smallest absolute Gasteiger partial charge is 0.245 e. The van der Waals surface area contributed by atoms with Crippen LogP contribution in [0.15, 0.2) is 52.9 Å². The minimum absolute atomic E-state index is 0.0677. The zero-order chi connectivity index (χ0) is 18.8. The number of carbonyl (C=O) groups excluding carboxylic acids is 1. The standard InChI is InChI=1S/C20H20N4OS2/c1-2-17(26-20-23-22-19(21)27-20)18(25)24-15-9-5-3-7-13(15)11-12-14-8-4-6-10-16(14)24/h3-10,17H,2,11-12H2,1H3,(H2,21,22). The number of rotatable bonds is 4. The fourth-order valence-corrected chi connectivity index (χ4v) is 5.20. The first-order valence-corrected chi connectivity index (χ1v) is 10.6. The summed E-state index contributed by atoms with van der Waals surface area (Å²) < 4.78 is 0.726. The number of nitrogens with two attached hydrogens (primary N) is 1. The van der Waals surface area contributed by atoms with Crippen molar-refractivity contribution < 1.29 is 4.79 Å². The molecule has 2 N–H and O–H groups in total. The van der Waals surface area contributed by atoms with Crippen LogP contribution in [0.4, 0.5) is 16.5 Å². The number of nitrogen functional groups attached to an aromatic ring is 1. The highest BCUT2D eigenvalue weighted by Gasteiger charge is 2.31. The number of hydrogen-bond donors (Lipinski definition) is 1. The van der Waals surface area contributed by atoms with E-state index < -0.39 is 0 Å². The molecule has 2 aromatic carbocycles. The Kier molecular flexibility index (Phi) is 5.13. The lowest BCUT2D eigenvalue weighted by Crippen LogP contribution is -2.34. The van der Waals surface area contributed by atoms with Gasteiger partial charge in [-0.3, -0.25) is 9.69 Å². The van der Waals surface area contributed by atoms with Crippen LogP contribution in [0.5, 0.6) is 0 Å². The minimum atomic E-state index is -0.253. The Balaban J connectivity index is 1.75. The van der Waals surface area contributed by atoms with Gasteiger partial charge in [-0.1, -0.05) is 66.4 Å². The van der Waals surface area contributed by atoms with Crippen molar-refractivity contribution in [2.75, 3.05) is 10.6 Å². The zero-order valence-electron chi connectivity index (χ0n) is 15.0. The molecule has 1 aliphatic rings. The molecule has 0 saturated heterocycles. The summed E-state index contributed by atoms with van der Waals surface area (Å²) in [6.07, 6.45) is 2.55.